The molecular formula is C13H21N3O3S2. The van der Waals surface area contributed by atoms with E-state index in [1.807, 2.05) is 11.8 Å². The molecule has 0 spiro atoms. The van der Waals surface area contributed by atoms with E-state index in [0.29, 0.717) is 24.5 Å². The lowest BCUT2D eigenvalue weighted by Gasteiger charge is -2.06. The van der Waals surface area contributed by atoms with Gasteiger partial charge in [0.25, 0.3) is 0 Å². The number of carbonyl (C=O) groups excluding carboxylic acids is 1. The van der Waals surface area contributed by atoms with Gasteiger partial charge in [0, 0.05) is 24.9 Å². The average molecular weight is 331 g/mol. The second kappa shape index (κ2) is 10.4. The Labute approximate surface area is 132 Å². The van der Waals surface area contributed by atoms with Crippen LogP contribution in [0.15, 0.2) is 5.38 Å². The Morgan fingerprint density at radius 3 is 2.71 bits per heavy atom. The summed E-state index contributed by atoms with van der Waals surface area (Å²) >= 11 is 3.13. The smallest absolute Gasteiger partial charge is 0.355 e. The molecule has 1 aromatic rings. The van der Waals surface area contributed by atoms with Gasteiger partial charge in [-0.25, -0.2) is 14.6 Å². The lowest BCUT2D eigenvalue weighted by atomic mass is 10.2. The molecule has 0 saturated heterocycles. The highest BCUT2D eigenvalue weighted by atomic mass is 32.2. The lowest BCUT2D eigenvalue weighted by molar-refractivity contribution is 0.0691. The standard InChI is InChI=1S/C13H21N3O3S2/c1-20-8-4-2-3-6-14-13(19)15-7-5-11-16-10(9-21-11)12(17)18/h9H,2-8H2,1H3,(H,17,18)(H2,14,15,19). The second-order valence-corrected chi connectivity index (χ2v) is 6.35. The van der Waals surface area contributed by atoms with Crippen LogP contribution < -0.4 is 10.6 Å². The highest BCUT2D eigenvalue weighted by Gasteiger charge is 2.08. The number of urea groups is 1. The van der Waals surface area contributed by atoms with E-state index in [-0.39, 0.29) is 11.7 Å². The van der Waals surface area contributed by atoms with Crippen LogP contribution in [0.2, 0.25) is 0 Å². The number of nitrogens with one attached hydrogen (secondary N) is 2. The maximum Gasteiger partial charge on any atom is 0.355 e. The molecule has 6 nitrogen and oxygen atoms in total. The molecular weight excluding hydrogens is 310 g/mol. The molecule has 3 N–H and O–H groups in total. The number of unbranched alkanes of at least 4 members (excludes halogenated alkanes) is 2. The monoisotopic (exact) mass is 331 g/mol. The third-order valence-corrected chi connectivity index (χ3v) is 4.31. The molecule has 21 heavy (non-hydrogen) atoms. The Balaban J connectivity index is 2.06. The fourth-order valence-electron chi connectivity index (χ4n) is 1.62. The van der Waals surface area contributed by atoms with E-state index >= 15 is 0 Å². The number of hydrogen-bond acceptors (Lipinski definition) is 5. The topological polar surface area (TPSA) is 91.3 Å². The van der Waals surface area contributed by atoms with Gasteiger partial charge in [0.1, 0.15) is 0 Å². The van der Waals surface area contributed by atoms with Crippen molar-refractivity contribution in [2.45, 2.75) is 25.7 Å². The van der Waals surface area contributed by atoms with Crippen molar-refractivity contribution in [3.63, 3.8) is 0 Å². The third-order valence-electron chi connectivity index (χ3n) is 2.71. The maximum absolute atomic E-state index is 11.5. The van der Waals surface area contributed by atoms with Gasteiger partial charge in [-0.1, -0.05) is 6.42 Å². The van der Waals surface area contributed by atoms with Gasteiger partial charge in [0.2, 0.25) is 0 Å². The first-order valence-electron chi connectivity index (χ1n) is 6.82. The largest absolute Gasteiger partial charge is 0.476 e. The zero-order chi connectivity index (χ0) is 15.5. The average Bonchev–Trinajstić information content (AvgIpc) is 2.92. The number of amides is 2. The van der Waals surface area contributed by atoms with E-state index < -0.39 is 5.97 Å². The minimum Gasteiger partial charge on any atom is -0.476 e. The Kier molecular flexibility index (Phi) is 8.84. The van der Waals surface area contributed by atoms with Gasteiger partial charge in [0.15, 0.2) is 5.69 Å². The van der Waals surface area contributed by atoms with Crippen LogP contribution in [0.3, 0.4) is 0 Å². The molecule has 1 heterocycles. The molecule has 0 aliphatic heterocycles. The summed E-state index contributed by atoms with van der Waals surface area (Å²) in [5.41, 5.74) is 0.0599. The fraction of sp³-hybridized carbons (Fsp3) is 0.615. The predicted octanol–water partition coefficient (Wildman–Crippen LogP) is 2.22. The molecule has 0 fully saturated rings. The van der Waals surface area contributed by atoms with Crippen LogP contribution in [0.5, 0.6) is 0 Å². The van der Waals surface area contributed by atoms with Crippen molar-refractivity contribution >= 4 is 35.1 Å². The van der Waals surface area contributed by atoms with Crippen molar-refractivity contribution in [1.82, 2.24) is 15.6 Å². The van der Waals surface area contributed by atoms with Crippen molar-refractivity contribution in [2.75, 3.05) is 25.1 Å². The zero-order valence-corrected chi connectivity index (χ0v) is 13.7. The van der Waals surface area contributed by atoms with Crippen LogP contribution in [0, 0.1) is 0 Å². The predicted molar refractivity (Wildman–Crippen MR) is 86.4 cm³/mol. The summed E-state index contributed by atoms with van der Waals surface area (Å²) in [4.78, 5) is 26.1. The van der Waals surface area contributed by atoms with Crippen LogP contribution in [0.25, 0.3) is 0 Å². The molecule has 2 amide bonds. The molecule has 0 aliphatic rings. The van der Waals surface area contributed by atoms with Gasteiger partial charge in [-0.2, -0.15) is 11.8 Å². The molecule has 0 saturated carbocycles. The van der Waals surface area contributed by atoms with Crippen LogP contribution in [0.4, 0.5) is 4.79 Å². The number of aromatic nitrogens is 1. The maximum atomic E-state index is 11.5. The summed E-state index contributed by atoms with van der Waals surface area (Å²) in [6.07, 6.45) is 5.92. The van der Waals surface area contributed by atoms with Gasteiger partial charge >= 0.3 is 12.0 Å². The van der Waals surface area contributed by atoms with Gasteiger partial charge in [-0.05, 0) is 24.9 Å². The van der Waals surface area contributed by atoms with Crippen molar-refractivity contribution in [2.24, 2.45) is 0 Å². The highest BCUT2D eigenvalue weighted by Crippen LogP contribution is 2.09. The molecule has 0 aromatic carbocycles. The number of carboxylic acid groups (broad SMARTS) is 1. The number of aromatic carboxylic acids is 1. The summed E-state index contributed by atoms with van der Waals surface area (Å²) in [6.45, 7) is 1.13. The summed E-state index contributed by atoms with van der Waals surface area (Å²) in [5.74, 6) is 0.142. The number of thiazole rings is 1. The highest BCUT2D eigenvalue weighted by molar-refractivity contribution is 7.98. The molecule has 8 heteroatoms. The third kappa shape index (κ3) is 7.91. The Hall–Kier alpha value is -1.28. The summed E-state index contributed by atoms with van der Waals surface area (Å²) < 4.78 is 0. The first kappa shape index (κ1) is 17.8. The SMILES string of the molecule is CSCCCCCNC(=O)NCCc1nc(C(=O)O)cs1. The van der Waals surface area contributed by atoms with Gasteiger partial charge < -0.3 is 15.7 Å². The Bertz CT molecular complexity index is 452. The van der Waals surface area contributed by atoms with E-state index in [2.05, 4.69) is 21.9 Å². The van der Waals surface area contributed by atoms with Crippen LogP contribution in [-0.2, 0) is 6.42 Å². The van der Waals surface area contributed by atoms with Crippen molar-refractivity contribution in [3.05, 3.63) is 16.1 Å². The van der Waals surface area contributed by atoms with Gasteiger partial charge in [-0.15, -0.1) is 11.3 Å². The fourth-order valence-corrected chi connectivity index (χ4v) is 2.88. The van der Waals surface area contributed by atoms with Crippen molar-refractivity contribution in [1.29, 1.82) is 0 Å². The van der Waals surface area contributed by atoms with Crippen molar-refractivity contribution in [3.8, 4) is 0 Å². The minimum absolute atomic E-state index is 0.0599. The normalized spacial score (nSPS) is 10.3. The lowest BCUT2D eigenvalue weighted by Crippen LogP contribution is -2.37. The zero-order valence-electron chi connectivity index (χ0n) is 12.1. The molecule has 0 bridgehead atoms. The van der Waals surface area contributed by atoms with Crippen LogP contribution >= 0.6 is 23.1 Å². The summed E-state index contributed by atoms with van der Waals surface area (Å²) in [6, 6.07) is -0.185. The van der Waals surface area contributed by atoms with Gasteiger partial charge in [0.05, 0.1) is 5.01 Å². The number of rotatable bonds is 10. The van der Waals surface area contributed by atoms with E-state index in [4.69, 9.17) is 5.11 Å². The molecule has 1 aromatic heterocycles. The summed E-state index contributed by atoms with van der Waals surface area (Å²) in [5, 5.41) is 16.5. The van der Waals surface area contributed by atoms with Crippen LogP contribution in [-0.4, -0.2) is 47.2 Å². The van der Waals surface area contributed by atoms with E-state index in [1.165, 1.54) is 28.9 Å². The molecule has 0 radical (unpaired) electrons. The number of carboxylic acids is 1. The molecule has 0 unspecified atom stereocenters. The number of hydrogen-bond donors (Lipinski definition) is 3. The van der Waals surface area contributed by atoms with E-state index in [1.54, 1.807) is 0 Å². The summed E-state index contributed by atoms with van der Waals surface area (Å²) in [7, 11) is 0. The first-order chi connectivity index (χ1) is 10.1. The molecule has 118 valence electrons. The molecule has 1 rings (SSSR count). The number of thioether (sulfide) groups is 1. The van der Waals surface area contributed by atoms with E-state index in [9.17, 15) is 9.59 Å². The number of carbonyl (C=O) groups is 2. The quantitative estimate of drug-likeness (QED) is 0.572. The van der Waals surface area contributed by atoms with Crippen LogP contribution in [0.1, 0.15) is 34.8 Å². The Morgan fingerprint density at radius 1 is 1.29 bits per heavy atom. The van der Waals surface area contributed by atoms with E-state index in [0.717, 1.165) is 12.8 Å². The van der Waals surface area contributed by atoms with Crippen molar-refractivity contribution < 1.29 is 14.7 Å². The second-order valence-electron chi connectivity index (χ2n) is 4.42. The Morgan fingerprint density at radius 2 is 2.05 bits per heavy atom. The molecule has 0 aliphatic carbocycles. The molecule has 0 atom stereocenters. The van der Waals surface area contributed by atoms with Gasteiger partial charge in [-0.3, -0.25) is 0 Å². The minimum atomic E-state index is -1.02. The number of nitrogens with zero attached hydrogens (tertiary/aromatic N) is 1. The first-order valence-corrected chi connectivity index (χ1v) is 9.09.